The van der Waals surface area contributed by atoms with Crippen LogP contribution in [0.15, 0.2) is 41.8 Å². The molecule has 0 spiro atoms. The molecule has 1 aromatic heterocycles. The summed E-state index contributed by atoms with van der Waals surface area (Å²) in [7, 11) is 0. The molecule has 1 atom stereocenters. The third kappa shape index (κ3) is 2.80. The van der Waals surface area contributed by atoms with Crippen LogP contribution in [-0.4, -0.2) is 11.7 Å². The van der Waals surface area contributed by atoms with Gasteiger partial charge in [-0.1, -0.05) is 30.3 Å². The van der Waals surface area contributed by atoms with E-state index in [1.165, 1.54) is 10.4 Å². The standard InChI is InChI=1S/C15H19NOS/c1-12-6-3-4-8-14(12)15(2,11-17)16-10-13-7-5-9-18-13/h3-9,16-17H,10-11H2,1-2H3. The first-order chi connectivity index (χ1) is 8.65. The molecule has 0 aliphatic carbocycles. The molecule has 0 aliphatic rings. The van der Waals surface area contributed by atoms with E-state index in [-0.39, 0.29) is 6.61 Å². The molecule has 0 saturated heterocycles. The molecular formula is C15H19NOS. The highest BCUT2D eigenvalue weighted by molar-refractivity contribution is 7.09. The number of rotatable bonds is 5. The maximum atomic E-state index is 9.73. The Morgan fingerprint density at radius 1 is 1.22 bits per heavy atom. The van der Waals surface area contributed by atoms with Crippen molar-refractivity contribution < 1.29 is 5.11 Å². The zero-order valence-electron chi connectivity index (χ0n) is 10.8. The number of thiophene rings is 1. The summed E-state index contributed by atoms with van der Waals surface area (Å²) in [6.45, 7) is 4.99. The van der Waals surface area contributed by atoms with Gasteiger partial charge >= 0.3 is 0 Å². The normalized spacial score (nSPS) is 14.4. The number of aryl methyl sites for hydroxylation is 1. The third-order valence-electron chi connectivity index (χ3n) is 3.29. The lowest BCUT2D eigenvalue weighted by Crippen LogP contribution is -2.42. The average molecular weight is 261 g/mol. The van der Waals surface area contributed by atoms with Gasteiger partial charge in [0.25, 0.3) is 0 Å². The Hall–Kier alpha value is -1.16. The predicted molar refractivity (Wildman–Crippen MR) is 76.8 cm³/mol. The molecule has 18 heavy (non-hydrogen) atoms. The number of hydrogen-bond donors (Lipinski definition) is 2. The van der Waals surface area contributed by atoms with Crippen LogP contribution in [0.3, 0.4) is 0 Å². The van der Waals surface area contributed by atoms with Gasteiger partial charge in [-0.2, -0.15) is 0 Å². The van der Waals surface area contributed by atoms with Crippen molar-refractivity contribution >= 4 is 11.3 Å². The summed E-state index contributed by atoms with van der Waals surface area (Å²) in [6.07, 6.45) is 0. The number of aliphatic hydroxyl groups excluding tert-OH is 1. The molecule has 1 unspecified atom stereocenters. The van der Waals surface area contributed by atoms with E-state index in [0.29, 0.717) is 0 Å². The van der Waals surface area contributed by atoms with Crippen molar-refractivity contribution in [3.63, 3.8) is 0 Å². The lowest BCUT2D eigenvalue weighted by Gasteiger charge is -2.30. The van der Waals surface area contributed by atoms with E-state index >= 15 is 0 Å². The third-order valence-corrected chi connectivity index (χ3v) is 4.17. The topological polar surface area (TPSA) is 32.3 Å². The van der Waals surface area contributed by atoms with Crippen LogP contribution in [0.2, 0.25) is 0 Å². The minimum atomic E-state index is -0.394. The van der Waals surface area contributed by atoms with Gasteiger partial charge in [-0.15, -0.1) is 11.3 Å². The van der Waals surface area contributed by atoms with Gasteiger partial charge in [-0.25, -0.2) is 0 Å². The Morgan fingerprint density at radius 3 is 2.61 bits per heavy atom. The fourth-order valence-electron chi connectivity index (χ4n) is 2.12. The van der Waals surface area contributed by atoms with Gasteiger partial charge in [0, 0.05) is 11.4 Å². The molecule has 3 heteroatoms. The highest BCUT2D eigenvalue weighted by Gasteiger charge is 2.26. The smallest absolute Gasteiger partial charge is 0.0652 e. The van der Waals surface area contributed by atoms with Crippen LogP contribution in [0.5, 0.6) is 0 Å². The van der Waals surface area contributed by atoms with Crippen LogP contribution >= 0.6 is 11.3 Å². The lowest BCUT2D eigenvalue weighted by atomic mass is 9.89. The van der Waals surface area contributed by atoms with E-state index in [0.717, 1.165) is 12.1 Å². The van der Waals surface area contributed by atoms with E-state index in [9.17, 15) is 5.11 Å². The first-order valence-electron chi connectivity index (χ1n) is 6.10. The van der Waals surface area contributed by atoms with Gasteiger partial charge < -0.3 is 10.4 Å². The van der Waals surface area contributed by atoms with Crippen LogP contribution < -0.4 is 5.32 Å². The summed E-state index contributed by atoms with van der Waals surface area (Å²) < 4.78 is 0. The number of benzene rings is 1. The Balaban J connectivity index is 2.17. The van der Waals surface area contributed by atoms with E-state index in [2.05, 4.69) is 35.8 Å². The van der Waals surface area contributed by atoms with Gasteiger partial charge in [0.2, 0.25) is 0 Å². The zero-order chi connectivity index (χ0) is 13.0. The highest BCUT2D eigenvalue weighted by Crippen LogP contribution is 2.24. The second-order valence-electron chi connectivity index (χ2n) is 4.74. The minimum absolute atomic E-state index is 0.0865. The monoisotopic (exact) mass is 261 g/mol. The molecular weight excluding hydrogens is 242 g/mol. The van der Waals surface area contributed by atoms with Gasteiger partial charge in [0.15, 0.2) is 0 Å². The Morgan fingerprint density at radius 2 is 2.00 bits per heavy atom. The lowest BCUT2D eigenvalue weighted by molar-refractivity contribution is 0.173. The average Bonchev–Trinajstić information content (AvgIpc) is 2.90. The summed E-state index contributed by atoms with van der Waals surface area (Å²) in [5.41, 5.74) is 1.96. The molecule has 2 rings (SSSR count). The molecule has 0 fully saturated rings. The van der Waals surface area contributed by atoms with Crippen molar-refractivity contribution in [1.82, 2.24) is 5.32 Å². The second kappa shape index (κ2) is 5.65. The molecule has 1 aromatic carbocycles. The van der Waals surface area contributed by atoms with Crippen molar-refractivity contribution in [3.05, 3.63) is 57.8 Å². The van der Waals surface area contributed by atoms with E-state index < -0.39 is 5.54 Å². The van der Waals surface area contributed by atoms with Crippen LogP contribution in [0.25, 0.3) is 0 Å². The number of aliphatic hydroxyl groups is 1. The minimum Gasteiger partial charge on any atom is -0.394 e. The number of hydrogen-bond acceptors (Lipinski definition) is 3. The largest absolute Gasteiger partial charge is 0.394 e. The Kier molecular flexibility index (Phi) is 4.17. The molecule has 1 heterocycles. The van der Waals surface area contributed by atoms with E-state index in [1.54, 1.807) is 11.3 Å². The zero-order valence-corrected chi connectivity index (χ0v) is 11.6. The van der Waals surface area contributed by atoms with Gasteiger partial charge in [-0.05, 0) is 36.4 Å². The van der Waals surface area contributed by atoms with Crippen LogP contribution in [0.4, 0.5) is 0 Å². The Bertz CT molecular complexity index is 495. The van der Waals surface area contributed by atoms with E-state index in [1.807, 2.05) is 25.1 Å². The first-order valence-corrected chi connectivity index (χ1v) is 6.98. The fourth-order valence-corrected chi connectivity index (χ4v) is 2.77. The molecule has 96 valence electrons. The second-order valence-corrected chi connectivity index (χ2v) is 5.77. The summed E-state index contributed by atoms with van der Waals surface area (Å²) in [6, 6.07) is 12.3. The van der Waals surface area contributed by atoms with Crippen LogP contribution in [0.1, 0.15) is 22.9 Å². The summed E-state index contributed by atoms with van der Waals surface area (Å²) >= 11 is 1.73. The van der Waals surface area contributed by atoms with Crippen molar-refractivity contribution in [2.45, 2.75) is 25.9 Å². The van der Waals surface area contributed by atoms with Crippen molar-refractivity contribution in [2.75, 3.05) is 6.61 Å². The Labute approximate surface area is 112 Å². The molecule has 2 aromatic rings. The summed E-state index contributed by atoms with van der Waals surface area (Å²) in [5, 5.41) is 15.3. The molecule has 0 radical (unpaired) electrons. The molecule has 0 aliphatic heterocycles. The maximum absolute atomic E-state index is 9.73. The van der Waals surface area contributed by atoms with Crippen molar-refractivity contribution in [1.29, 1.82) is 0 Å². The van der Waals surface area contributed by atoms with Gasteiger partial charge in [-0.3, -0.25) is 0 Å². The van der Waals surface area contributed by atoms with Crippen molar-refractivity contribution in [3.8, 4) is 0 Å². The molecule has 0 saturated carbocycles. The molecule has 0 amide bonds. The summed E-state index contributed by atoms with van der Waals surface area (Å²) in [5.74, 6) is 0. The van der Waals surface area contributed by atoms with E-state index in [4.69, 9.17) is 0 Å². The summed E-state index contributed by atoms with van der Waals surface area (Å²) in [4.78, 5) is 1.28. The highest BCUT2D eigenvalue weighted by atomic mass is 32.1. The van der Waals surface area contributed by atoms with Crippen LogP contribution in [-0.2, 0) is 12.1 Å². The van der Waals surface area contributed by atoms with Gasteiger partial charge in [0.05, 0.1) is 12.1 Å². The maximum Gasteiger partial charge on any atom is 0.0652 e. The molecule has 0 bridgehead atoms. The molecule has 2 N–H and O–H groups in total. The van der Waals surface area contributed by atoms with Crippen molar-refractivity contribution in [2.24, 2.45) is 0 Å². The molecule has 2 nitrogen and oxygen atoms in total. The van der Waals surface area contributed by atoms with Crippen LogP contribution in [0, 0.1) is 6.92 Å². The predicted octanol–water partition coefficient (Wildman–Crippen LogP) is 3.05. The van der Waals surface area contributed by atoms with Gasteiger partial charge in [0.1, 0.15) is 0 Å². The quantitative estimate of drug-likeness (QED) is 0.867. The first kappa shape index (κ1) is 13.3. The fraction of sp³-hybridized carbons (Fsp3) is 0.333. The SMILES string of the molecule is Cc1ccccc1C(C)(CO)NCc1cccs1. The number of nitrogens with one attached hydrogen (secondary N) is 1.